The molecule has 2 amide bonds. The number of amides is 2. The molecule has 1 heterocycles. The van der Waals surface area contributed by atoms with Crippen molar-refractivity contribution in [1.82, 2.24) is 10.2 Å². The fourth-order valence-corrected chi connectivity index (χ4v) is 2.09. The number of aliphatic hydroxyl groups excluding tert-OH is 1. The van der Waals surface area contributed by atoms with E-state index < -0.39 is 12.1 Å². The number of nitrogens with one attached hydrogen (secondary N) is 1. The minimum absolute atomic E-state index is 0.0119. The molecule has 0 aromatic carbocycles. The van der Waals surface area contributed by atoms with Crippen LogP contribution in [0.1, 0.15) is 33.6 Å². The molecule has 0 aromatic rings. The maximum absolute atomic E-state index is 11.9. The smallest absolute Gasteiger partial charge is 0.332 e. The summed E-state index contributed by atoms with van der Waals surface area (Å²) in [6.45, 7) is 7.85. The number of carbonyl (C=O) groups is 2. The van der Waals surface area contributed by atoms with E-state index in [4.69, 9.17) is 10.2 Å². The van der Waals surface area contributed by atoms with Crippen LogP contribution in [0, 0.1) is 5.41 Å². The van der Waals surface area contributed by atoms with E-state index in [2.05, 4.69) is 32.2 Å². The summed E-state index contributed by atoms with van der Waals surface area (Å²) in [6, 6.07) is -0.216. The van der Waals surface area contributed by atoms with Gasteiger partial charge in [0, 0.05) is 26.1 Å². The summed E-state index contributed by atoms with van der Waals surface area (Å²) in [4.78, 5) is 24.0. The largest absolute Gasteiger partial charge is 0.479 e. The van der Waals surface area contributed by atoms with Gasteiger partial charge in [-0.05, 0) is 11.8 Å². The predicted octanol–water partition coefficient (Wildman–Crippen LogP) is 1.21. The highest BCUT2D eigenvalue weighted by atomic mass is 16.4. The summed E-state index contributed by atoms with van der Waals surface area (Å²) in [5, 5.41) is 20.2. The lowest BCUT2D eigenvalue weighted by Gasteiger charge is -2.32. The highest BCUT2D eigenvalue weighted by molar-refractivity contribution is 5.75. The Kier molecular flexibility index (Phi) is 5.56. The van der Waals surface area contributed by atoms with Gasteiger partial charge in [-0.25, -0.2) is 9.59 Å². The first-order valence-corrected chi connectivity index (χ1v) is 6.85. The van der Waals surface area contributed by atoms with Crippen LogP contribution >= 0.6 is 0 Å². The molecular weight excluding hydrogens is 260 g/mol. The van der Waals surface area contributed by atoms with Crippen molar-refractivity contribution in [2.45, 2.75) is 39.7 Å². The zero-order valence-corrected chi connectivity index (χ0v) is 12.3. The third-order valence-corrected chi connectivity index (χ3v) is 3.44. The second-order valence-electron chi connectivity index (χ2n) is 6.05. The van der Waals surface area contributed by atoms with Gasteiger partial charge in [0.15, 0.2) is 6.10 Å². The van der Waals surface area contributed by atoms with Gasteiger partial charge in [0.2, 0.25) is 0 Å². The number of carbonyl (C=O) groups excluding carboxylic acids is 1. The molecule has 0 bridgehead atoms. The van der Waals surface area contributed by atoms with Crippen molar-refractivity contribution in [2.75, 3.05) is 19.6 Å². The van der Waals surface area contributed by atoms with E-state index in [-0.39, 0.29) is 24.4 Å². The van der Waals surface area contributed by atoms with Crippen LogP contribution in [0.2, 0.25) is 0 Å². The number of urea groups is 1. The molecule has 1 aliphatic heterocycles. The van der Waals surface area contributed by atoms with Crippen molar-refractivity contribution in [3.63, 3.8) is 0 Å². The second-order valence-corrected chi connectivity index (χ2v) is 6.05. The lowest BCUT2D eigenvalue weighted by atomic mass is 9.83. The van der Waals surface area contributed by atoms with Crippen LogP contribution in [-0.4, -0.2) is 52.9 Å². The summed E-state index contributed by atoms with van der Waals surface area (Å²) >= 11 is 0. The van der Waals surface area contributed by atoms with Crippen LogP contribution in [0.25, 0.3) is 0 Å². The van der Waals surface area contributed by atoms with E-state index in [0.29, 0.717) is 13.1 Å². The number of carboxylic acids is 1. The Balaban J connectivity index is 2.36. The van der Waals surface area contributed by atoms with Crippen LogP contribution in [0.5, 0.6) is 0 Å². The second kappa shape index (κ2) is 6.74. The first-order chi connectivity index (χ1) is 9.21. The summed E-state index contributed by atoms with van der Waals surface area (Å²) in [7, 11) is 0. The van der Waals surface area contributed by atoms with Gasteiger partial charge < -0.3 is 20.4 Å². The molecule has 20 heavy (non-hydrogen) atoms. The number of nitrogens with zero attached hydrogens (tertiary/aromatic N) is 1. The Labute approximate surface area is 119 Å². The van der Waals surface area contributed by atoms with E-state index in [1.165, 1.54) is 5.57 Å². The Bertz CT molecular complexity index is 398. The molecule has 114 valence electrons. The molecule has 0 fully saturated rings. The van der Waals surface area contributed by atoms with Gasteiger partial charge in [-0.15, -0.1) is 0 Å². The predicted molar refractivity (Wildman–Crippen MR) is 75.4 cm³/mol. The zero-order valence-electron chi connectivity index (χ0n) is 12.3. The monoisotopic (exact) mass is 284 g/mol. The van der Waals surface area contributed by atoms with Crippen molar-refractivity contribution < 1.29 is 19.8 Å². The van der Waals surface area contributed by atoms with Crippen LogP contribution in [0.3, 0.4) is 0 Å². The van der Waals surface area contributed by atoms with Crippen molar-refractivity contribution in [1.29, 1.82) is 0 Å². The minimum atomic E-state index is -1.43. The Morgan fingerprint density at radius 3 is 2.55 bits per heavy atom. The highest BCUT2D eigenvalue weighted by Crippen LogP contribution is 2.29. The van der Waals surface area contributed by atoms with Gasteiger partial charge >= 0.3 is 12.0 Å². The van der Waals surface area contributed by atoms with Gasteiger partial charge in [0.05, 0.1) is 0 Å². The minimum Gasteiger partial charge on any atom is -0.479 e. The molecule has 0 saturated carbocycles. The first kappa shape index (κ1) is 16.5. The van der Waals surface area contributed by atoms with Crippen LogP contribution in [0.15, 0.2) is 11.6 Å². The third-order valence-electron chi connectivity index (χ3n) is 3.44. The average molecular weight is 284 g/mol. The number of aliphatic hydroxyl groups is 1. The maximum Gasteiger partial charge on any atom is 0.332 e. The fraction of sp³-hybridized carbons (Fsp3) is 0.714. The lowest BCUT2D eigenvalue weighted by Crippen LogP contribution is -2.44. The van der Waals surface area contributed by atoms with Gasteiger partial charge in [-0.1, -0.05) is 32.4 Å². The van der Waals surface area contributed by atoms with E-state index in [1.54, 1.807) is 4.90 Å². The van der Waals surface area contributed by atoms with Gasteiger partial charge in [-0.3, -0.25) is 0 Å². The molecule has 3 N–H and O–H groups in total. The Hall–Kier alpha value is -1.56. The maximum atomic E-state index is 11.9. The molecule has 1 aliphatic rings. The third kappa shape index (κ3) is 4.85. The Morgan fingerprint density at radius 1 is 1.45 bits per heavy atom. The molecule has 1 rings (SSSR count). The topological polar surface area (TPSA) is 89.9 Å². The molecule has 6 heteroatoms. The fourth-order valence-electron chi connectivity index (χ4n) is 2.09. The van der Waals surface area contributed by atoms with E-state index in [0.717, 1.165) is 6.42 Å². The number of rotatable bonds is 4. The summed E-state index contributed by atoms with van der Waals surface area (Å²) in [6.07, 6.45) is 1.52. The molecule has 0 aromatic heterocycles. The van der Waals surface area contributed by atoms with E-state index in [1.807, 2.05) is 0 Å². The van der Waals surface area contributed by atoms with Crippen molar-refractivity contribution in [3.05, 3.63) is 11.6 Å². The molecular formula is C14H24N2O4. The normalized spacial score (nSPS) is 17.4. The number of hydrogen-bond acceptors (Lipinski definition) is 3. The molecule has 0 spiro atoms. The molecule has 1 unspecified atom stereocenters. The molecule has 0 radical (unpaired) electrons. The SMILES string of the molecule is CC(C)(C)C1=CCN(C(=O)NCCC(O)C(=O)O)CC1. The standard InChI is InChI=1S/C14H24N2O4/c1-14(2,3)10-5-8-16(9-6-10)13(20)15-7-4-11(17)12(18)19/h5,11,17H,4,6-9H2,1-3H3,(H,15,20)(H,18,19). The van der Waals surface area contributed by atoms with Gasteiger partial charge in [-0.2, -0.15) is 0 Å². The van der Waals surface area contributed by atoms with Crippen LogP contribution < -0.4 is 5.32 Å². The lowest BCUT2D eigenvalue weighted by molar-refractivity contribution is -0.146. The van der Waals surface area contributed by atoms with Crippen molar-refractivity contribution in [3.8, 4) is 0 Å². The quantitative estimate of drug-likeness (QED) is 0.677. The van der Waals surface area contributed by atoms with Crippen molar-refractivity contribution in [2.24, 2.45) is 5.41 Å². The summed E-state index contributed by atoms with van der Waals surface area (Å²) in [5.74, 6) is -1.27. The number of aliphatic carboxylic acids is 1. The summed E-state index contributed by atoms with van der Waals surface area (Å²) in [5.41, 5.74) is 1.48. The summed E-state index contributed by atoms with van der Waals surface area (Å²) < 4.78 is 0. The average Bonchev–Trinajstić information content (AvgIpc) is 2.37. The Morgan fingerprint density at radius 2 is 2.10 bits per heavy atom. The highest BCUT2D eigenvalue weighted by Gasteiger charge is 2.23. The first-order valence-electron chi connectivity index (χ1n) is 6.85. The molecule has 6 nitrogen and oxygen atoms in total. The van der Waals surface area contributed by atoms with Crippen LogP contribution in [-0.2, 0) is 4.79 Å². The molecule has 0 saturated heterocycles. The van der Waals surface area contributed by atoms with Crippen LogP contribution in [0.4, 0.5) is 4.79 Å². The zero-order chi connectivity index (χ0) is 15.3. The van der Waals surface area contributed by atoms with E-state index >= 15 is 0 Å². The molecule has 1 atom stereocenters. The van der Waals surface area contributed by atoms with E-state index in [9.17, 15) is 9.59 Å². The number of carboxylic acid groups (broad SMARTS) is 1. The van der Waals surface area contributed by atoms with Gasteiger partial charge in [0.25, 0.3) is 0 Å². The van der Waals surface area contributed by atoms with Gasteiger partial charge in [0.1, 0.15) is 0 Å². The molecule has 0 aliphatic carbocycles. The number of hydrogen-bond donors (Lipinski definition) is 3. The van der Waals surface area contributed by atoms with Crippen molar-refractivity contribution >= 4 is 12.0 Å².